The molecule has 0 radical (unpaired) electrons. The normalized spacial score (nSPS) is 13.9. The van der Waals surface area contributed by atoms with Crippen molar-refractivity contribution in [3.8, 4) is 11.1 Å². The predicted molar refractivity (Wildman–Crippen MR) is 125 cm³/mol. The minimum atomic E-state index is 0.699. The first-order valence-electron chi connectivity index (χ1n) is 10.8. The van der Waals surface area contributed by atoms with Gasteiger partial charge in [0.15, 0.2) is 0 Å². The van der Waals surface area contributed by atoms with Crippen LogP contribution in [0.25, 0.3) is 21.9 Å². The first-order valence-corrected chi connectivity index (χ1v) is 10.8. The molecule has 0 aliphatic rings. The van der Waals surface area contributed by atoms with Crippen LogP contribution in [0, 0.1) is 45.4 Å². The molecule has 0 bridgehead atoms. The van der Waals surface area contributed by atoms with Crippen LogP contribution in [0.15, 0.2) is 42.5 Å². The molecule has 0 fully saturated rings. The van der Waals surface area contributed by atoms with Crippen LogP contribution in [-0.4, -0.2) is 0 Å². The predicted octanol–water partition coefficient (Wildman–Crippen LogP) is 8.21. The molecule has 0 aromatic heterocycles. The molecule has 3 aromatic carbocycles. The monoisotopic (exact) mass is 372 g/mol. The molecule has 0 heteroatoms. The topological polar surface area (TPSA) is 0 Å². The molecular weight excluding hydrogens is 336 g/mol. The van der Waals surface area contributed by atoms with E-state index in [0.29, 0.717) is 5.92 Å². The van der Waals surface area contributed by atoms with Crippen LogP contribution >= 0.6 is 0 Å². The second kappa shape index (κ2) is 8.11. The Morgan fingerprint density at radius 3 is 1.96 bits per heavy atom. The maximum Gasteiger partial charge on any atom is -0.0120 e. The van der Waals surface area contributed by atoms with Crippen molar-refractivity contribution >= 4 is 10.8 Å². The van der Waals surface area contributed by atoms with Gasteiger partial charge in [-0.25, -0.2) is 0 Å². The van der Waals surface area contributed by atoms with E-state index in [-0.39, 0.29) is 0 Å². The van der Waals surface area contributed by atoms with E-state index in [4.69, 9.17) is 0 Å². The molecule has 3 aromatic rings. The van der Waals surface area contributed by atoms with E-state index >= 15 is 0 Å². The van der Waals surface area contributed by atoms with Gasteiger partial charge in [-0.1, -0.05) is 69.7 Å². The fourth-order valence-corrected chi connectivity index (χ4v) is 4.49. The number of benzene rings is 3. The van der Waals surface area contributed by atoms with E-state index in [2.05, 4.69) is 97.9 Å². The number of fused-ring (bicyclic) bond motifs is 1. The third-order valence-corrected chi connectivity index (χ3v) is 7.10. The average molecular weight is 373 g/mol. The van der Waals surface area contributed by atoms with Crippen molar-refractivity contribution in [2.75, 3.05) is 0 Å². The van der Waals surface area contributed by atoms with E-state index in [1.807, 2.05) is 0 Å². The zero-order chi connectivity index (χ0) is 20.6. The highest BCUT2D eigenvalue weighted by Crippen LogP contribution is 2.36. The summed E-state index contributed by atoms with van der Waals surface area (Å²) in [5.74, 6) is 2.17. The second-order valence-electron chi connectivity index (χ2n) is 9.27. The Balaban J connectivity index is 2.07. The summed E-state index contributed by atoms with van der Waals surface area (Å²) < 4.78 is 0. The van der Waals surface area contributed by atoms with Gasteiger partial charge in [0.05, 0.1) is 0 Å². The van der Waals surface area contributed by atoms with E-state index in [9.17, 15) is 0 Å². The molecule has 0 spiro atoms. The highest BCUT2D eigenvalue weighted by Gasteiger charge is 2.18. The summed E-state index contributed by atoms with van der Waals surface area (Å²) in [6, 6.07) is 16.0. The Hall–Kier alpha value is -2.08. The lowest BCUT2D eigenvalue weighted by atomic mass is 9.80. The lowest BCUT2D eigenvalue weighted by molar-refractivity contribution is 0.294. The summed E-state index contributed by atoms with van der Waals surface area (Å²) >= 11 is 0. The molecule has 3 rings (SSSR count). The minimum absolute atomic E-state index is 0.699. The highest BCUT2D eigenvalue weighted by atomic mass is 14.2. The van der Waals surface area contributed by atoms with E-state index in [0.717, 1.165) is 11.8 Å². The van der Waals surface area contributed by atoms with Crippen molar-refractivity contribution in [1.29, 1.82) is 0 Å². The molecule has 28 heavy (non-hydrogen) atoms. The van der Waals surface area contributed by atoms with Crippen molar-refractivity contribution in [3.63, 3.8) is 0 Å². The second-order valence-corrected chi connectivity index (χ2v) is 9.27. The first kappa shape index (κ1) is 20.6. The van der Waals surface area contributed by atoms with E-state index in [1.54, 1.807) is 0 Å². The van der Waals surface area contributed by atoms with Gasteiger partial charge in [0.25, 0.3) is 0 Å². The third kappa shape index (κ3) is 3.88. The van der Waals surface area contributed by atoms with Gasteiger partial charge in [-0.2, -0.15) is 0 Å². The number of hydrogen-bond acceptors (Lipinski definition) is 0. The van der Waals surface area contributed by atoms with Crippen LogP contribution in [0.2, 0.25) is 0 Å². The SMILES string of the molecule is Cc1ccc(-c2cc3ccc(CC(C)C(C)C(C)C)c(C)c3c(C)c2C)cc1. The maximum absolute atomic E-state index is 2.41. The van der Waals surface area contributed by atoms with Crippen LogP contribution in [0.4, 0.5) is 0 Å². The lowest BCUT2D eigenvalue weighted by Gasteiger charge is -2.25. The fraction of sp³-hybridized carbons (Fsp3) is 0.429. The quantitative estimate of drug-likeness (QED) is 0.423. The van der Waals surface area contributed by atoms with Gasteiger partial charge >= 0.3 is 0 Å². The molecule has 148 valence electrons. The molecule has 0 aliphatic carbocycles. The summed E-state index contributed by atoms with van der Waals surface area (Å²) in [5.41, 5.74) is 9.80. The highest BCUT2D eigenvalue weighted by molar-refractivity contribution is 5.95. The zero-order valence-corrected chi connectivity index (χ0v) is 19.0. The Morgan fingerprint density at radius 1 is 0.714 bits per heavy atom. The Bertz CT molecular complexity index is 973. The van der Waals surface area contributed by atoms with Gasteiger partial charge in [-0.15, -0.1) is 0 Å². The smallest absolute Gasteiger partial charge is 0.0120 e. The number of hydrogen-bond donors (Lipinski definition) is 0. The molecule has 0 saturated heterocycles. The average Bonchev–Trinajstić information content (AvgIpc) is 2.66. The Kier molecular flexibility index (Phi) is 5.98. The van der Waals surface area contributed by atoms with Crippen molar-refractivity contribution in [3.05, 3.63) is 70.3 Å². The minimum Gasteiger partial charge on any atom is -0.0625 e. The van der Waals surface area contributed by atoms with Crippen molar-refractivity contribution in [1.82, 2.24) is 0 Å². The standard InChI is InChI=1S/C28H36/c1-17(2)20(5)19(4)15-25-13-14-26-16-27(24-11-9-18(3)10-12-24)21(6)22(7)28(26)23(25)8/h9-14,16-17,19-20H,15H2,1-8H3. The lowest BCUT2D eigenvalue weighted by Crippen LogP contribution is -2.17. The molecule has 0 N–H and O–H groups in total. The van der Waals surface area contributed by atoms with Gasteiger partial charge in [0.2, 0.25) is 0 Å². The van der Waals surface area contributed by atoms with Gasteiger partial charge in [0.1, 0.15) is 0 Å². The zero-order valence-electron chi connectivity index (χ0n) is 19.0. The summed E-state index contributed by atoms with van der Waals surface area (Å²) in [7, 11) is 0. The van der Waals surface area contributed by atoms with Gasteiger partial charge in [0, 0.05) is 0 Å². The molecule has 0 heterocycles. The first-order chi connectivity index (χ1) is 13.2. The van der Waals surface area contributed by atoms with Crippen LogP contribution in [0.1, 0.15) is 55.5 Å². The van der Waals surface area contributed by atoms with Crippen molar-refractivity contribution < 1.29 is 0 Å². The van der Waals surface area contributed by atoms with Gasteiger partial charge < -0.3 is 0 Å². The van der Waals surface area contributed by atoms with Crippen molar-refractivity contribution in [2.24, 2.45) is 17.8 Å². The van der Waals surface area contributed by atoms with Crippen LogP contribution in [0.5, 0.6) is 0 Å². The molecule has 0 amide bonds. The van der Waals surface area contributed by atoms with Crippen molar-refractivity contribution in [2.45, 2.75) is 61.8 Å². The van der Waals surface area contributed by atoms with Crippen LogP contribution in [-0.2, 0) is 6.42 Å². The van der Waals surface area contributed by atoms with Crippen LogP contribution in [0.3, 0.4) is 0 Å². The molecule has 2 unspecified atom stereocenters. The third-order valence-electron chi connectivity index (χ3n) is 7.10. The fourth-order valence-electron chi connectivity index (χ4n) is 4.49. The van der Waals surface area contributed by atoms with Crippen LogP contribution < -0.4 is 0 Å². The molecular formula is C28H36. The van der Waals surface area contributed by atoms with E-state index in [1.165, 1.54) is 56.1 Å². The Labute approximate surface area is 172 Å². The molecule has 0 saturated carbocycles. The van der Waals surface area contributed by atoms with Gasteiger partial charge in [-0.3, -0.25) is 0 Å². The molecule has 2 atom stereocenters. The summed E-state index contributed by atoms with van der Waals surface area (Å²) in [4.78, 5) is 0. The summed E-state index contributed by atoms with van der Waals surface area (Å²) in [5, 5.41) is 2.82. The summed E-state index contributed by atoms with van der Waals surface area (Å²) in [6.07, 6.45) is 1.17. The molecule has 0 nitrogen and oxygen atoms in total. The summed E-state index contributed by atoms with van der Waals surface area (Å²) in [6.45, 7) is 18.5. The number of aryl methyl sites for hydroxylation is 3. The molecule has 0 aliphatic heterocycles. The maximum atomic E-state index is 2.41. The number of rotatable bonds is 5. The van der Waals surface area contributed by atoms with E-state index < -0.39 is 0 Å². The Morgan fingerprint density at radius 2 is 1.36 bits per heavy atom. The largest absolute Gasteiger partial charge is 0.0625 e. The van der Waals surface area contributed by atoms with Gasteiger partial charge in [-0.05, 0) is 102 Å².